The third-order valence-electron chi connectivity index (χ3n) is 3.04. The fraction of sp³-hybridized carbons (Fsp3) is 0.500. The molecule has 0 amide bonds. The van der Waals surface area contributed by atoms with Crippen LogP contribution in [0.15, 0.2) is 22.9 Å². The minimum Gasteiger partial charge on any atom is -0.321 e. The van der Waals surface area contributed by atoms with Crippen LogP contribution in [0.5, 0.6) is 0 Å². The lowest BCUT2D eigenvalue weighted by Crippen LogP contribution is -2.26. The van der Waals surface area contributed by atoms with Crippen molar-refractivity contribution in [2.45, 2.75) is 25.8 Å². The standard InChI is InChI=1S/C10H13BrN2/c1-9(2)6-10(9,12)7-4-3-5-13-8(7)11/h3-5H,6,12H2,1-2H3. The first-order valence-corrected chi connectivity index (χ1v) is 5.16. The van der Waals surface area contributed by atoms with E-state index in [0.717, 1.165) is 16.6 Å². The van der Waals surface area contributed by atoms with E-state index < -0.39 is 0 Å². The molecule has 2 nitrogen and oxygen atoms in total. The van der Waals surface area contributed by atoms with Crippen molar-refractivity contribution in [2.24, 2.45) is 11.1 Å². The molecule has 2 rings (SSSR count). The van der Waals surface area contributed by atoms with E-state index in [4.69, 9.17) is 5.73 Å². The van der Waals surface area contributed by atoms with E-state index in [9.17, 15) is 0 Å². The third kappa shape index (κ3) is 1.22. The van der Waals surface area contributed by atoms with Gasteiger partial charge in [-0.3, -0.25) is 0 Å². The molecule has 1 heterocycles. The molecule has 1 aliphatic carbocycles. The van der Waals surface area contributed by atoms with Crippen molar-refractivity contribution in [2.75, 3.05) is 0 Å². The Morgan fingerprint density at radius 3 is 2.62 bits per heavy atom. The molecular formula is C10H13BrN2. The normalized spacial score (nSPS) is 30.2. The average molecular weight is 241 g/mol. The fourth-order valence-corrected chi connectivity index (χ4v) is 2.44. The van der Waals surface area contributed by atoms with Gasteiger partial charge in [-0.05, 0) is 33.8 Å². The molecular weight excluding hydrogens is 228 g/mol. The summed E-state index contributed by atoms with van der Waals surface area (Å²) in [5, 5.41) is 0. The van der Waals surface area contributed by atoms with Gasteiger partial charge in [-0.25, -0.2) is 4.98 Å². The van der Waals surface area contributed by atoms with E-state index in [2.05, 4.69) is 34.8 Å². The quantitative estimate of drug-likeness (QED) is 0.767. The maximum absolute atomic E-state index is 6.28. The molecule has 1 aliphatic rings. The van der Waals surface area contributed by atoms with E-state index in [1.54, 1.807) is 6.20 Å². The Bertz CT molecular complexity index is 349. The van der Waals surface area contributed by atoms with Crippen LogP contribution >= 0.6 is 15.9 Å². The van der Waals surface area contributed by atoms with Crippen molar-refractivity contribution in [3.05, 3.63) is 28.5 Å². The lowest BCUT2D eigenvalue weighted by molar-refractivity contribution is 0.507. The van der Waals surface area contributed by atoms with Crippen LogP contribution in [0.1, 0.15) is 25.8 Å². The second-order valence-electron chi connectivity index (χ2n) is 4.37. The molecule has 13 heavy (non-hydrogen) atoms. The zero-order valence-corrected chi connectivity index (χ0v) is 9.43. The summed E-state index contributed by atoms with van der Waals surface area (Å²) in [7, 11) is 0. The van der Waals surface area contributed by atoms with Crippen molar-refractivity contribution < 1.29 is 0 Å². The zero-order valence-electron chi connectivity index (χ0n) is 7.84. The van der Waals surface area contributed by atoms with Crippen molar-refractivity contribution >= 4 is 15.9 Å². The lowest BCUT2D eigenvalue weighted by atomic mass is 9.99. The topological polar surface area (TPSA) is 38.9 Å². The number of hydrogen-bond donors (Lipinski definition) is 1. The smallest absolute Gasteiger partial charge is 0.111 e. The number of hydrogen-bond acceptors (Lipinski definition) is 2. The molecule has 1 atom stereocenters. The van der Waals surface area contributed by atoms with Gasteiger partial charge in [0.2, 0.25) is 0 Å². The highest BCUT2D eigenvalue weighted by atomic mass is 79.9. The molecule has 1 aromatic heterocycles. The highest BCUT2D eigenvalue weighted by molar-refractivity contribution is 9.10. The number of nitrogens with zero attached hydrogens (tertiary/aromatic N) is 1. The largest absolute Gasteiger partial charge is 0.321 e. The van der Waals surface area contributed by atoms with E-state index in [1.807, 2.05) is 12.1 Å². The number of nitrogens with two attached hydrogens (primary N) is 1. The highest BCUT2D eigenvalue weighted by Crippen LogP contribution is 2.61. The maximum Gasteiger partial charge on any atom is 0.111 e. The summed E-state index contributed by atoms with van der Waals surface area (Å²) in [5.74, 6) is 0. The van der Waals surface area contributed by atoms with Crippen LogP contribution in [0.3, 0.4) is 0 Å². The van der Waals surface area contributed by atoms with Gasteiger partial charge in [-0.1, -0.05) is 19.9 Å². The Morgan fingerprint density at radius 2 is 2.15 bits per heavy atom. The molecule has 1 aromatic rings. The first-order chi connectivity index (χ1) is 5.97. The van der Waals surface area contributed by atoms with Crippen LogP contribution in [0.4, 0.5) is 0 Å². The summed E-state index contributed by atoms with van der Waals surface area (Å²) in [6.07, 6.45) is 2.80. The lowest BCUT2D eigenvalue weighted by Gasteiger charge is -2.16. The molecule has 0 aromatic carbocycles. The maximum atomic E-state index is 6.28. The summed E-state index contributed by atoms with van der Waals surface area (Å²) < 4.78 is 0.878. The molecule has 1 saturated carbocycles. The van der Waals surface area contributed by atoms with Crippen molar-refractivity contribution in [1.29, 1.82) is 0 Å². The van der Waals surface area contributed by atoms with Gasteiger partial charge < -0.3 is 5.73 Å². The van der Waals surface area contributed by atoms with E-state index in [-0.39, 0.29) is 11.0 Å². The fourth-order valence-electron chi connectivity index (χ4n) is 1.83. The first-order valence-electron chi connectivity index (χ1n) is 4.37. The van der Waals surface area contributed by atoms with Crippen molar-refractivity contribution in [3.8, 4) is 0 Å². The van der Waals surface area contributed by atoms with Crippen LogP contribution in [-0.2, 0) is 5.54 Å². The molecule has 70 valence electrons. The number of halogens is 1. The van der Waals surface area contributed by atoms with Crippen LogP contribution in [0.25, 0.3) is 0 Å². The highest BCUT2D eigenvalue weighted by Gasteiger charge is 2.60. The second-order valence-corrected chi connectivity index (χ2v) is 5.12. The third-order valence-corrected chi connectivity index (χ3v) is 3.68. The van der Waals surface area contributed by atoms with E-state index in [1.165, 1.54) is 0 Å². The Labute approximate surface area is 86.7 Å². The monoisotopic (exact) mass is 240 g/mol. The number of rotatable bonds is 1. The zero-order chi connectivity index (χ0) is 9.69. The van der Waals surface area contributed by atoms with Crippen LogP contribution in [0.2, 0.25) is 0 Å². The molecule has 0 aliphatic heterocycles. The summed E-state index contributed by atoms with van der Waals surface area (Å²) in [4.78, 5) is 4.19. The van der Waals surface area contributed by atoms with E-state index in [0.29, 0.717) is 0 Å². The first kappa shape index (κ1) is 9.16. The van der Waals surface area contributed by atoms with Crippen LogP contribution in [-0.4, -0.2) is 4.98 Å². The number of aromatic nitrogens is 1. The summed E-state index contributed by atoms with van der Waals surface area (Å²) in [5.41, 5.74) is 7.43. The van der Waals surface area contributed by atoms with Crippen LogP contribution < -0.4 is 5.73 Å². The van der Waals surface area contributed by atoms with Gasteiger partial charge in [-0.2, -0.15) is 0 Å². The van der Waals surface area contributed by atoms with Gasteiger partial charge in [0.05, 0.1) is 0 Å². The van der Waals surface area contributed by atoms with Crippen molar-refractivity contribution in [1.82, 2.24) is 4.98 Å². The van der Waals surface area contributed by atoms with Crippen LogP contribution in [0, 0.1) is 5.41 Å². The van der Waals surface area contributed by atoms with Gasteiger partial charge in [0.15, 0.2) is 0 Å². The SMILES string of the molecule is CC1(C)CC1(N)c1cccnc1Br. The Morgan fingerprint density at radius 1 is 1.54 bits per heavy atom. The van der Waals surface area contributed by atoms with Crippen molar-refractivity contribution in [3.63, 3.8) is 0 Å². The predicted molar refractivity (Wildman–Crippen MR) is 56.2 cm³/mol. The summed E-state index contributed by atoms with van der Waals surface area (Å²) in [6.45, 7) is 4.37. The molecule has 0 spiro atoms. The van der Waals surface area contributed by atoms with Gasteiger partial charge in [0.1, 0.15) is 4.60 Å². The molecule has 1 fully saturated rings. The molecule has 2 N–H and O–H groups in total. The van der Waals surface area contributed by atoms with Gasteiger partial charge in [0, 0.05) is 17.3 Å². The summed E-state index contributed by atoms with van der Waals surface area (Å²) in [6, 6.07) is 3.98. The molecule has 0 saturated heterocycles. The van der Waals surface area contributed by atoms with Gasteiger partial charge in [-0.15, -0.1) is 0 Å². The molecule has 1 unspecified atom stereocenters. The average Bonchev–Trinajstić information content (AvgIpc) is 2.53. The Kier molecular flexibility index (Phi) is 1.79. The number of pyridine rings is 1. The Hall–Kier alpha value is -0.410. The molecule has 0 radical (unpaired) electrons. The predicted octanol–water partition coefficient (Wildman–Crippen LogP) is 2.43. The van der Waals surface area contributed by atoms with Gasteiger partial charge >= 0.3 is 0 Å². The van der Waals surface area contributed by atoms with E-state index >= 15 is 0 Å². The second kappa shape index (κ2) is 2.55. The Balaban J connectivity index is 2.44. The van der Waals surface area contributed by atoms with Gasteiger partial charge in [0.25, 0.3) is 0 Å². The summed E-state index contributed by atoms with van der Waals surface area (Å²) >= 11 is 3.43. The minimum absolute atomic E-state index is 0.180. The molecule has 0 bridgehead atoms. The minimum atomic E-state index is -0.180. The molecule has 3 heteroatoms.